The highest BCUT2D eigenvalue weighted by molar-refractivity contribution is 5.59. The van der Waals surface area contributed by atoms with Gasteiger partial charge in [-0.2, -0.15) is 0 Å². The molecule has 1 aliphatic rings. The van der Waals surface area contributed by atoms with Crippen LogP contribution in [0.25, 0.3) is 0 Å². The normalized spacial score (nSPS) is 14.1. The molecule has 1 N–H and O–H groups in total. The molecule has 1 aliphatic carbocycles. The van der Waals surface area contributed by atoms with Gasteiger partial charge in [0.2, 0.25) is 0 Å². The molecule has 21 heavy (non-hydrogen) atoms. The Labute approximate surface area is 121 Å². The van der Waals surface area contributed by atoms with Gasteiger partial charge in [0.15, 0.2) is 0 Å². The minimum Gasteiger partial charge on any atom is -0.467 e. The number of anilines is 1. The lowest BCUT2D eigenvalue weighted by molar-refractivity contribution is -0.384. The van der Waals surface area contributed by atoms with Gasteiger partial charge in [-0.1, -0.05) is 0 Å². The minimum absolute atomic E-state index is 0.00320. The summed E-state index contributed by atoms with van der Waals surface area (Å²) in [5.74, 6) is 0.837. The average Bonchev–Trinajstić information content (AvgIpc) is 3.21. The maximum absolute atomic E-state index is 10.8. The molecule has 0 spiro atoms. The monoisotopic (exact) mass is 288 g/mol. The first-order valence-electron chi connectivity index (χ1n) is 6.86. The lowest BCUT2D eigenvalue weighted by Gasteiger charge is -2.25. The van der Waals surface area contributed by atoms with Gasteiger partial charge < -0.3 is 14.4 Å². The second-order valence-corrected chi connectivity index (χ2v) is 5.17. The maximum atomic E-state index is 10.8. The zero-order valence-electron chi connectivity index (χ0n) is 11.4. The van der Waals surface area contributed by atoms with Crippen LogP contribution in [0.4, 0.5) is 11.4 Å². The van der Waals surface area contributed by atoms with E-state index in [9.17, 15) is 15.2 Å². The second-order valence-electron chi connectivity index (χ2n) is 5.17. The fourth-order valence-electron chi connectivity index (χ4n) is 2.46. The topological polar surface area (TPSA) is 79.8 Å². The molecule has 1 aromatic heterocycles. The number of hydrogen-bond donors (Lipinski definition) is 1. The Kier molecular flexibility index (Phi) is 3.62. The molecular weight excluding hydrogens is 272 g/mol. The van der Waals surface area contributed by atoms with E-state index in [2.05, 4.69) is 4.90 Å². The van der Waals surface area contributed by atoms with E-state index in [0.717, 1.165) is 24.3 Å². The zero-order chi connectivity index (χ0) is 14.8. The van der Waals surface area contributed by atoms with Gasteiger partial charge in [-0.15, -0.1) is 0 Å². The number of nitro groups is 1. The van der Waals surface area contributed by atoms with Gasteiger partial charge in [-0.25, -0.2) is 0 Å². The number of benzene rings is 1. The fourth-order valence-corrected chi connectivity index (χ4v) is 2.46. The number of nitro benzene ring substituents is 1. The van der Waals surface area contributed by atoms with Crippen LogP contribution in [-0.2, 0) is 13.2 Å². The predicted molar refractivity (Wildman–Crippen MR) is 76.9 cm³/mol. The standard InChI is InChI=1S/C15H16N2O4/c18-10-11-8-13(17(19)20)5-6-15(11)16(12-3-4-12)9-14-2-1-7-21-14/h1-2,5-8,12,18H,3-4,9-10H2. The molecule has 0 aliphatic heterocycles. The summed E-state index contributed by atoms with van der Waals surface area (Å²) < 4.78 is 5.39. The Balaban J connectivity index is 1.93. The average molecular weight is 288 g/mol. The molecule has 0 amide bonds. The van der Waals surface area contributed by atoms with E-state index in [1.165, 1.54) is 12.1 Å². The number of non-ortho nitro benzene ring substituents is 1. The first-order valence-corrected chi connectivity index (χ1v) is 6.86. The Bertz CT molecular complexity index is 635. The van der Waals surface area contributed by atoms with Crippen LogP contribution in [0.15, 0.2) is 41.0 Å². The van der Waals surface area contributed by atoms with Gasteiger partial charge in [0.05, 0.1) is 24.3 Å². The van der Waals surface area contributed by atoms with Gasteiger partial charge in [0, 0.05) is 29.4 Å². The van der Waals surface area contributed by atoms with Crippen molar-refractivity contribution in [1.82, 2.24) is 0 Å². The maximum Gasteiger partial charge on any atom is 0.269 e. The quantitative estimate of drug-likeness (QED) is 0.653. The molecule has 3 rings (SSSR count). The summed E-state index contributed by atoms with van der Waals surface area (Å²) in [5.41, 5.74) is 1.40. The van der Waals surface area contributed by atoms with Crippen LogP contribution in [0, 0.1) is 10.1 Å². The summed E-state index contributed by atoms with van der Waals surface area (Å²) in [6.45, 7) is 0.376. The summed E-state index contributed by atoms with van der Waals surface area (Å²) in [5, 5.41) is 20.4. The minimum atomic E-state index is -0.447. The van der Waals surface area contributed by atoms with E-state index in [0.29, 0.717) is 18.2 Å². The second kappa shape index (κ2) is 5.57. The van der Waals surface area contributed by atoms with Crippen LogP contribution in [0.1, 0.15) is 24.2 Å². The Morgan fingerprint density at radius 3 is 2.76 bits per heavy atom. The third-order valence-electron chi connectivity index (χ3n) is 3.65. The summed E-state index contributed by atoms with van der Waals surface area (Å²) in [6.07, 6.45) is 3.80. The molecule has 6 heteroatoms. The number of nitrogens with zero attached hydrogens (tertiary/aromatic N) is 2. The lowest BCUT2D eigenvalue weighted by Crippen LogP contribution is -2.26. The van der Waals surface area contributed by atoms with Crippen molar-refractivity contribution in [3.63, 3.8) is 0 Å². The van der Waals surface area contributed by atoms with Crippen molar-refractivity contribution in [3.8, 4) is 0 Å². The van der Waals surface area contributed by atoms with E-state index in [1.54, 1.807) is 12.3 Å². The van der Waals surface area contributed by atoms with E-state index in [1.807, 2.05) is 12.1 Å². The van der Waals surface area contributed by atoms with E-state index >= 15 is 0 Å². The third kappa shape index (κ3) is 2.90. The highest BCUT2D eigenvalue weighted by Gasteiger charge is 2.31. The van der Waals surface area contributed by atoms with Crippen molar-refractivity contribution < 1.29 is 14.4 Å². The van der Waals surface area contributed by atoms with Crippen LogP contribution in [0.2, 0.25) is 0 Å². The molecule has 0 atom stereocenters. The number of aliphatic hydroxyl groups is 1. The van der Waals surface area contributed by atoms with Crippen LogP contribution >= 0.6 is 0 Å². The van der Waals surface area contributed by atoms with Crippen LogP contribution in [0.5, 0.6) is 0 Å². The van der Waals surface area contributed by atoms with E-state index in [-0.39, 0.29) is 12.3 Å². The van der Waals surface area contributed by atoms with Gasteiger partial charge in [-0.05, 0) is 31.0 Å². The van der Waals surface area contributed by atoms with Crippen LogP contribution in [0.3, 0.4) is 0 Å². The Morgan fingerprint density at radius 2 is 2.19 bits per heavy atom. The predicted octanol–water partition coefficient (Wildman–Crippen LogP) is 2.85. The number of aliphatic hydroxyl groups excluding tert-OH is 1. The largest absolute Gasteiger partial charge is 0.467 e. The summed E-state index contributed by atoms with van der Waals surface area (Å²) in [7, 11) is 0. The SMILES string of the molecule is O=[N+]([O-])c1ccc(N(Cc2ccco2)C2CC2)c(CO)c1. The van der Waals surface area contributed by atoms with E-state index in [4.69, 9.17) is 4.42 Å². The van der Waals surface area contributed by atoms with Gasteiger partial charge >= 0.3 is 0 Å². The molecule has 1 fully saturated rings. The molecule has 1 aromatic carbocycles. The highest BCUT2D eigenvalue weighted by Crippen LogP contribution is 2.36. The molecular formula is C15H16N2O4. The number of furan rings is 1. The molecule has 1 saturated carbocycles. The molecule has 2 aromatic rings. The van der Waals surface area contributed by atoms with Crippen molar-refractivity contribution in [3.05, 3.63) is 58.0 Å². The Morgan fingerprint density at radius 1 is 1.38 bits per heavy atom. The first kappa shape index (κ1) is 13.6. The molecule has 0 bridgehead atoms. The summed E-state index contributed by atoms with van der Waals surface area (Å²) in [4.78, 5) is 12.5. The molecule has 110 valence electrons. The van der Waals surface area contributed by atoms with Crippen molar-refractivity contribution in [1.29, 1.82) is 0 Å². The molecule has 0 radical (unpaired) electrons. The highest BCUT2D eigenvalue weighted by atomic mass is 16.6. The summed E-state index contributed by atoms with van der Waals surface area (Å²) in [6, 6.07) is 8.77. The molecule has 6 nitrogen and oxygen atoms in total. The van der Waals surface area contributed by atoms with E-state index < -0.39 is 4.92 Å². The molecule has 0 saturated heterocycles. The van der Waals surface area contributed by atoms with Crippen molar-refractivity contribution in [2.45, 2.75) is 32.0 Å². The third-order valence-corrected chi connectivity index (χ3v) is 3.65. The van der Waals surface area contributed by atoms with Crippen LogP contribution < -0.4 is 4.90 Å². The van der Waals surface area contributed by atoms with Crippen LogP contribution in [-0.4, -0.2) is 16.1 Å². The van der Waals surface area contributed by atoms with Crippen molar-refractivity contribution in [2.24, 2.45) is 0 Å². The first-order chi connectivity index (χ1) is 10.2. The van der Waals surface area contributed by atoms with Gasteiger partial charge in [0.25, 0.3) is 5.69 Å². The van der Waals surface area contributed by atoms with Crippen molar-refractivity contribution >= 4 is 11.4 Å². The van der Waals surface area contributed by atoms with Gasteiger partial charge in [0.1, 0.15) is 5.76 Å². The fraction of sp³-hybridized carbons (Fsp3) is 0.333. The molecule has 0 unspecified atom stereocenters. The number of rotatable bonds is 6. The smallest absolute Gasteiger partial charge is 0.269 e. The lowest BCUT2D eigenvalue weighted by atomic mass is 10.1. The van der Waals surface area contributed by atoms with Gasteiger partial charge in [-0.3, -0.25) is 10.1 Å². The zero-order valence-corrected chi connectivity index (χ0v) is 11.4. The van der Waals surface area contributed by atoms with Crippen molar-refractivity contribution in [2.75, 3.05) is 4.90 Å². The molecule has 1 heterocycles. The Hall–Kier alpha value is -2.34. The summed E-state index contributed by atoms with van der Waals surface area (Å²) >= 11 is 0. The number of hydrogen-bond acceptors (Lipinski definition) is 5.